The van der Waals surface area contributed by atoms with E-state index in [4.69, 9.17) is 0 Å². The average molecular weight is 403 g/mol. The van der Waals surface area contributed by atoms with Gasteiger partial charge in [0.05, 0.1) is 15.5 Å². The fraction of sp³-hybridized carbons (Fsp3) is 0.105. The summed E-state index contributed by atoms with van der Waals surface area (Å²) in [7, 11) is -7.69. The van der Waals surface area contributed by atoms with Gasteiger partial charge in [-0.05, 0) is 36.2 Å². The summed E-state index contributed by atoms with van der Waals surface area (Å²) in [4.78, 5) is 11.1. The summed E-state index contributed by atoms with van der Waals surface area (Å²) in [5, 5.41) is 0. The Bertz CT molecular complexity index is 1220. The summed E-state index contributed by atoms with van der Waals surface area (Å²) >= 11 is 0. The Morgan fingerprint density at radius 2 is 1.52 bits per heavy atom. The molecular formula is C19H17NO5S2. The molecule has 1 aromatic heterocycles. The quantitative estimate of drug-likeness (QED) is 0.611. The van der Waals surface area contributed by atoms with E-state index < -0.39 is 19.9 Å². The van der Waals surface area contributed by atoms with Gasteiger partial charge in [-0.25, -0.2) is 20.8 Å². The van der Waals surface area contributed by atoms with Crippen LogP contribution in [0.2, 0.25) is 0 Å². The third-order valence-corrected chi connectivity index (χ3v) is 7.00. The Labute approximate surface area is 158 Å². The summed E-state index contributed by atoms with van der Waals surface area (Å²) < 4.78 is 51.1. The fourth-order valence-electron chi connectivity index (χ4n) is 2.82. The second kappa shape index (κ2) is 6.79. The molecular weight excluding hydrogens is 386 g/mol. The molecule has 6 nitrogen and oxygen atoms in total. The molecule has 1 heterocycles. The van der Waals surface area contributed by atoms with Crippen LogP contribution in [0.15, 0.2) is 70.6 Å². The maximum Gasteiger partial charge on any atom is 0.268 e. The van der Waals surface area contributed by atoms with E-state index in [0.29, 0.717) is 23.1 Å². The van der Waals surface area contributed by atoms with Gasteiger partial charge in [0.25, 0.3) is 10.0 Å². The van der Waals surface area contributed by atoms with Crippen LogP contribution in [0.5, 0.6) is 0 Å². The minimum absolute atomic E-state index is 0.0932. The van der Waals surface area contributed by atoms with Crippen molar-refractivity contribution >= 4 is 26.1 Å². The Morgan fingerprint density at radius 1 is 0.889 bits per heavy atom. The molecule has 0 radical (unpaired) electrons. The molecule has 0 saturated heterocycles. The van der Waals surface area contributed by atoms with Crippen LogP contribution in [0.4, 0.5) is 0 Å². The molecule has 27 heavy (non-hydrogen) atoms. The van der Waals surface area contributed by atoms with Crippen molar-refractivity contribution in [2.24, 2.45) is 0 Å². The lowest BCUT2D eigenvalue weighted by Crippen LogP contribution is -2.14. The molecule has 0 N–H and O–H groups in total. The van der Waals surface area contributed by atoms with E-state index in [0.717, 1.165) is 16.3 Å². The van der Waals surface area contributed by atoms with Crippen LogP contribution in [0.1, 0.15) is 15.9 Å². The molecule has 0 bridgehead atoms. The van der Waals surface area contributed by atoms with E-state index in [-0.39, 0.29) is 15.4 Å². The molecule has 0 saturated carbocycles. The number of rotatable bonds is 5. The van der Waals surface area contributed by atoms with Gasteiger partial charge in [-0.3, -0.25) is 4.79 Å². The first-order chi connectivity index (χ1) is 12.7. The first-order valence-electron chi connectivity index (χ1n) is 7.94. The SMILES string of the molecule is Cc1c(C=O)cn(S(=O)(=O)c2cccc(S(C)(=O)=O)c2)c1-c1ccccc1. The topological polar surface area (TPSA) is 90.3 Å². The largest absolute Gasteiger partial charge is 0.298 e. The van der Waals surface area contributed by atoms with Gasteiger partial charge in [0.15, 0.2) is 16.1 Å². The lowest BCUT2D eigenvalue weighted by atomic mass is 10.1. The normalized spacial score (nSPS) is 12.1. The van der Waals surface area contributed by atoms with Crippen molar-refractivity contribution in [2.45, 2.75) is 16.7 Å². The standard InChI is InChI=1S/C19H17NO5S2/c1-14-16(13-21)12-20(19(14)15-7-4-3-5-8-15)27(24,25)18-10-6-9-17(11-18)26(2,22)23/h3-13H,1-2H3. The number of sulfone groups is 1. The Morgan fingerprint density at radius 3 is 2.11 bits per heavy atom. The van der Waals surface area contributed by atoms with Crippen LogP contribution in [-0.2, 0) is 19.9 Å². The molecule has 0 spiro atoms. The number of carbonyl (C=O) groups excluding carboxylic acids is 1. The lowest BCUT2D eigenvalue weighted by Gasteiger charge is -2.12. The van der Waals surface area contributed by atoms with Gasteiger partial charge in [0.1, 0.15) is 0 Å². The van der Waals surface area contributed by atoms with E-state index in [1.807, 2.05) is 0 Å². The number of aldehydes is 1. The zero-order valence-corrected chi connectivity index (χ0v) is 16.3. The van der Waals surface area contributed by atoms with Crippen LogP contribution in [0.25, 0.3) is 11.3 Å². The maximum atomic E-state index is 13.2. The van der Waals surface area contributed by atoms with Crippen LogP contribution in [0, 0.1) is 6.92 Å². The van der Waals surface area contributed by atoms with Crippen molar-refractivity contribution in [1.82, 2.24) is 3.97 Å². The van der Waals surface area contributed by atoms with Crippen molar-refractivity contribution < 1.29 is 21.6 Å². The van der Waals surface area contributed by atoms with Gasteiger partial charge in [0.2, 0.25) is 0 Å². The van der Waals surface area contributed by atoms with Gasteiger partial charge in [-0.15, -0.1) is 0 Å². The Kier molecular flexibility index (Phi) is 4.79. The molecule has 0 aliphatic heterocycles. The highest BCUT2D eigenvalue weighted by Crippen LogP contribution is 2.31. The zero-order chi connectivity index (χ0) is 19.8. The lowest BCUT2D eigenvalue weighted by molar-refractivity contribution is 0.112. The summed E-state index contributed by atoms with van der Waals surface area (Å²) in [6.07, 6.45) is 2.87. The summed E-state index contributed by atoms with van der Waals surface area (Å²) in [5.41, 5.74) is 1.77. The second-order valence-corrected chi connectivity index (χ2v) is 9.92. The van der Waals surface area contributed by atoms with Crippen LogP contribution in [0.3, 0.4) is 0 Å². The summed E-state index contributed by atoms with van der Waals surface area (Å²) in [6.45, 7) is 1.67. The zero-order valence-electron chi connectivity index (χ0n) is 14.7. The second-order valence-electron chi connectivity index (χ2n) is 6.09. The predicted octanol–water partition coefficient (Wildman–Crippen LogP) is 2.92. The van der Waals surface area contributed by atoms with Gasteiger partial charge in [0, 0.05) is 18.0 Å². The summed E-state index contributed by atoms with van der Waals surface area (Å²) in [5.74, 6) is 0. The van der Waals surface area contributed by atoms with Gasteiger partial charge in [-0.2, -0.15) is 0 Å². The molecule has 0 amide bonds. The van der Waals surface area contributed by atoms with Crippen LogP contribution < -0.4 is 0 Å². The molecule has 0 atom stereocenters. The Hall–Kier alpha value is -2.71. The van der Waals surface area contributed by atoms with Crippen molar-refractivity contribution in [2.75, 3.05) is 6.26 Å². The molecule has 0 aliphatic rings. The number of hydrogen-bond acceptors (Lipinski definition) is 5. The first kappa shape index (κ1) is 19.1. The smallest absolute Gasteiger partial charge is 0.268 e. The van der Waals surface area contributed by atoms with Crippen molar-refractivity contribution in [1.29, 1.82) is 0 Å². The highest BCUT2D eigenvalue weighted by Gasteiger charge is 2.25. The van der Waals surface area contributed by atoms with E-state index in [1.54, 1.807) is 37.3 Å². The molecule has 2 aromatic carbocycles. The molecule has 3 rings (SSSR count). The fourth-order valence-corrected chi connectivity index (χ4v) is 5.05. The summed E-state index contributed by atoms with van der Waals surface area (Å²) in [6, 6.07) is 14.0. The number of nitrogens with zero attached hydrogens (tertiary/aromatic N) is 1. The van der Waals surface area contributed by atoms with Gasteiger partial charge >= 0.3 is 0 Å². The van der Waals surface area contributed by atoms with Crippen molar-refractivity contribution in [3.05, 3.63) is 71.9 Å². The molecule has 8 heteroatoms. The molecule has 3 aromatic rings. The van der Waals surface area contributed by atoms with Crippen molar-refractivity contribution in [3.8, 4) is 11.3 Å². The third-order valence-electron chi connectivity index (χ3n) is 4.23. The highest BCUT2D eigenvalue weighted by molar-refractivity contribution is 7.91. The van der Waals surface area contributed by atoms with E-state index in [9.17, 15) is 21.6 Å². The monoisotopic (exact) mass is 403 g/mol. The number of carbonyl (C=O) groups is 1. The number of benzene rings is 2. The van der Waals surface area contributed by atoms with Gasteiger partial charge < -0.3 is 0 Å². The molecule has 0 unspecified atom stereocenters. The molecule has 0 fully saturated rings. The maximum absolute atomic E-state index is 13.2. The van der Waals surface area contributed by atoms with Crippen LogP contribution in [-0.4, -0.2) is 33.3 Å². The Balaban J connectivity index is 2.29. The first-order valence-corrected chi connectivity index (χ1v) is 11.3. The predicted molar refractivity (Wildman–Crippen MR) is 102 cm³/mol. The number of hydrogen-bond donors (Lipinski definition) is 0. The average Bonchev–Trinajstić information content (AvgIpc) is 2.99. The van der Waals surface area contributed by atoms with E-state index in [1.165, 1.54) is 24.4 Å². The van der Waals surface area contributed by atoms with E-state index in [2.05, 4.69) is 0 Å². The highest BCUT2D eigenvalue weighted by atomic mass is 32.2. The molecule has 140 valence electrons. The molecule has 0 aliphatic carbocycles. The minimum atomic E-state index is -4.12. The van der Waals surface area contributed by atoms with Crippen LogP contribution >= 0.6 is 0 Å². The van der Waals surface area contributed by atoms with Crippen molar-refractivity contribution in [3.63, 3.8) is 0 Å². The third kappa shape index (κ3) is 3.45. The van der Waals surface area contributed by atoms with Gasteiger partial charge in [-0.1, -0.05) is 36.4 Å². The number of aromatic nitrogens is 1. The minimum Gasteiger partial charge on any atom is -0.298 e. The van der Waals surface area contributed by atoms with E-state index >= 15 is 0 Å².